The van der Waals surface area contributed by atoms with E-state index < -0.39 is 0 Å². The van der Waals surface area contributed by atoms with E-state index in [1.165, 1.54) is 5.56 Å². The van der Waals surface area contributed by atoms with Gasteiger partial charge in [0.15, 0.2) is 4.77 Å². The SMILES string of the molecule is Cc1ccc2[nH]c(=S)n(-c3ccc(C)c(Cl)c3)c2c1. The van der Waals surface area contributed by atoms with Gasteiger partial charge >= 0.3 is 0 Å². The molecule has 0 bridgehead atoms. The highest BCUT2D eigenvalue weighted by Crippen LogP contribution is 2.24. The minimum Gasteiger partial charge on any atom is -0.330 e. The zero-order valence-corrected chi connectivity index (χ0v) is 12.3. The Morgan fingerprint density at radius 1 is 1.11 bits per heavy atom. The van der Waals surface area contributed by atoms with Crippen molar-refractivity contribution in [2.24, 2.45) is 0 Å². The summed E-state index contributed by atoms with van der Waals surface area (Å²) in [6.07, 6.45) is 0. The smallest absolute Gasteiger partial charge is 0.182 e. The molecule has 0 fully saturated rings. The molecule has 0 amide bonds. The Morgan fingerprint density at radius 2 is 1.89 bits per heavy atom. The highest BCUT2D eigenvalue weighted by atomic mass is 35.5. The molecule has 0 aliphatic heterocycles. The number of H-pyrrole nitrogens is 1. The summed E-state index contributed by atoms with van der Waals surface area (Å²) in [5.41, 5.74) is 5.36. The van der Waals surface area contributed by atoms with Gasteiger partial charge in [-0.05, 0) is 61.5 Å². The van der Waals surface area contributed by atoms with Crippen molar-refractivity contribution >= 4 is 34.9 Å². The molecule has 1 heterocycles. The maximum absolute atomic E-state index is 6.21. The van der Waals surface area contributed by atoms with Gasteiger partial charge in [-0.25, -0.2) is 0 Å². The fourth-order valence-corrected chi connectivity index (χ4v) is 2.68. The number of benzene rings is 2. The largest absolute Gasteiger partial charge is 0.330 e. The maximum Gasteiger partial charge on any atom is 0.182 e. The topological polar surface area (TPSA) is 20.7 Å². The first kappa shape index (κ1) is 12.5. The molecular weight excluding hydrogens is 276 g/mol. The van der Waals surface area contributed by atoms with Crippen molar-refractivity contribution in [2.75, 3.05) is 0 Å². The Kier molecular flexibility index (Phi) is 2.96. The van der Waals surface area contributed by atoms with Crippen LogP contribution in [0.25, 0.3) is 16.7 Å². The number of hydrogen-bond acceptors (Lipinski definition) is 1. The Balaban J connectivity index is 2.35. The van der Waals surface area contributed by atoms with Crippen LogP contribution in [-0.4, -0.2) is 9.55 Å². The van der Waals surface area contributed by atoms with E-state index in [0.717, 1.165) is 27.3 Å². The van der Waals surface area contributed by atoms with Crippen molar-refractivity contribution in [2.45, 2.75) is 13.8 Å². The molecule has 2 nitrogen and oxygen atoms in total. The molecule has 1 aromatic heterocycles. The van der Waals surface area contributed by atoms with E-state index in [2.05, 4.69) is 24.0 Å². The van der Waals surface area contributed by atoms with Gasteiger partial charge in [-0.2, -0.15) is 0 Å². The average Bonchev–Trinajstić information content (AvgIpc) is 2.68. The van der Waals surface area contributed by atoms with Gasteiger partial charge in [0, 0.05) is 10.7 Å². The Hall–Kier alpha value is -1.58. The lowest BCUT2D eigenvalue weighted by molar-refractivity contribution is 1.06. The van der Waals surface area contributed by atoms with Crippen molar-refractivity contribution in [3.05, 3.63) is 57.3 Å². The zero-order valence-electron chi connectivity index (χ0n) is 10.7. The van der Waals surface area contributed by atoms with E-state index in [1.54, 1.807) is 0 Å². The Bertz CT molecular complexity index is 830. The molecule has 1 N–H and O–H groups in total. The summed E-state index contributed by atoms with van der Waals surface area (Å²) in [7, 11) is 0. The number of imidazole rings is 1. The van der Waals surface area contributed by atoms with Gasteiger partial charge in [0.05, 0.1) is 11.0 Å². The second-order valence-corrected chi connectivity index (χ2v) is 5.51. The van der Waals surface area contributed by atoms with Crippen molar-refractivity contribution in [3.63, 3.8) is 0 Å². The van der Waals surface area contributed by atoms with Crippen molar-refractivity contribution in [3.8, 4) is 5.69 Å². The predicted octanol–water partition coefficient (Wildman–Crippen LogP) is 4.96. The maximum atomic E-state index is 6.21. The summed E-state index contributed by atoms with van der Waals surface area (Å²) in [4.78, 5) is 3.22. The number of fused-ring (bicyclic) bond motifs is 1. The van der Waals surface area contributed by atoms with Crippen LogP contribution in [0.1, 0.15) is 11.1 Å². The lowest BCUT2D eigenvalue weighted by Gasteiger charge is -2.07. The van der Waals surface area contributed by atoms with E-state index in [-0.39, 0.29) is 0 Å². The van der Waals surface area contributed by atoms with Crippen LogP contribution >= 0.6 is 23.8 Å². The van der Waals surface area contributed by atoms with Crippen LogP contribution in [0.15, 0.2) is 36.4 Å². The number of halogens is 1. The molecule has 2 aromatic carbocycles. The molecule has 3 rings (SSSR count). The van der Waals surface area contributed by atoms with E-state index in [9.17, 15) is 0 Å². The van der Waals surface area contributed by atoms with Crippen molar-refractivity contribution < 1.29 is 0 Å². The number of aryl methyl sites for hydroxylation is 2. The number of hydrogen-bond donors (Lipinski definition) is 1. The van der Waals surface area contributed by atoms with E-state index in [1.807, 2.05) is 35.8 Å². The van der Waals surface area contributed by atoms with Gasteiger partial charge < -0.3 is 4.98 Å². The molecule has 0 aliphatic rings. The van der Waals surface area contributed by atoms with Gasteiger partial charge in [0.25, 0.3) is 0 Å². The van der Waals surface area contributed by atoms with Gasteiger partial charge in [-0.15, -0.1) is 0 Å². The van der Waals surface area contributed by atoms with Crippen molar-refractivity contribution in [1.82, 2.24) is 9.55 Å². The number of nitrogens with one attached hydrogen (secondary N) is 1. The van der Waals surface area contributed by atoms with E-state index in [4.69, 9.17) is 23.8 Å². The number of aromatic nitrogens is 2. The quantitative estimate of drug-likeness (QED) is 0.628. The van der Waals surface area contributed by atoms with E-state index >= 15 is 0 Å². The first-order valence-corrected chi connectivity index (χ1v) is 6.83. The molecule has 19 heavy (non-hydrogen) atoms. The molecule has 0 radical (unpaired) electrons. The molecule has 3 aromatic rings. The van der Waals surface area contributed by atoms with Crippen molar-refractivity contribution in [1.29, 1.82) is 0 Å². The standard InChI is InChI=1S/C15H13ClN2S/c1-9-3-6-13-14(7-9)18(15(19)17-13)11-5-4-10(2)12(16)8-11/h3-8H,1-2H3,(H,17,19). The number of nitrogens with zero attached hydrogens (tertiary/aromatic N) is 1. The molecule has 0 atom stereocenters. The van der Waals surface area contributed by atoms with Gasteiger partial charge in [-0.3, -0.25) is 4.57 Å². The molecule has 0 aliphatic carbocycles. The third-order valence-corrected chi connectivity index (χ3v) is 3.94. The third kappa shape index (κ3) is 2.09. The van der Waals surface area contributed by atoms with Gasteiger partial charge in [-0.1, -0.05) is 23.7 Å². The first-order chi connectivity index (χ1) is 9.06. The summed E-state index contributed by atoms with van der Waals surface area (Å²) >= 11 is 11.6. The first-order valence-electron chi connectivity index (χ1n) is 6.04. The number of aromatic amines is 1. The van der Waals surface area contributed by atoms with Gasteiger partial charge in [0.1, 0.15) is 0 Å². The molecule has 4 heteroatoms. The Morgan fingerprint density at radius 3 is 2.63 bits per heavy atom. The molecule has 0 unspecified atom stereocenters. The lowest BCUT2D eigenvalue weighted by atomic mass is 10.2. The predicted molar refractivity (Wildman–Crippen MR) is 82.9 cm³/mol. The highest BCUT2D eigenvalue weighted by molar-refractivity contribution is 7.71. The normalized spacial score (nSPS) is 11.1. The molecular formula is C15H13ClN2S. The fourth-order valence-electron chi connectivity index (χ4n) is 2.19. The summed E-state index contributed by atoms with van der Waals surface area (Å²) < 4.78 is 2.70. The van der Waals surface area contributed by atoms with E-state index in [0.29, 0.717) is 4.77 Å². The van der Waals surface area contributed by atoms with Crippen LogP contribution in [0.2, 0.25) is 5.02 Å². The fraction of sp³-hybridized carbons (Fsp3) is 0.133. The highest BCUT2D eigenvalue weighted by Gasteiger charge is 2.07. The van der Waals surface area contributed by atoms with Crippen LogP contribution < -0.4 is 0 Å². The second-order valence-electron chi connectivity index (χ2n) is 4.72. The zero-order chi connectivity index (χ0) is 13.6. The third-order valence-electron chi connectivity index (χ3n) is 3.25. The number of rotatable bonds is 1. The average molecular weight is 289 g/mol. The second kappa shape index (κ2) is 4.51. The van der Waals surface area contributed by atoms with Gasteiger partial charge in [0.2, 0.25) is 0 Å². The monoisotopic (exact) mass is 288 g/mol. The molecule has 0 saturated carbocycles. The minimum absolute atomic E-state index is 0.681. The molecule has 0 saturated heterocycles. The summed E-state index contributed by atoms with van der Waals surface area (Å²) in [6.45, 7) is 4.06. The summed E-state index contributed by atoms with van der Waals surface area (Å²) in [5, 5.41) is 0.751. The molecule has 96 valence electrons. The van der Waals surface area contributed by atoms with Crippen LogP contribution in [-0.2, 0) is 0 Å². The van der Waals surface area contributed by atoms with Crippen LogP contribution in [0.4, 0.5) is 0 Å². The molecule has 0 spiro atoms. The lowest BCUT2D eigenvalue weighted by Crippen LogP contribution is -1.94. The van der Waals surface area contributed by atoms with Crippen LogP contribution in [0.3, 0.4) is 0 Å². The minimum atomic E-state index is 0.681. The van der Waals surface area contributed by atoms with Crippen LogP contribution in [0.5, 0.6) is 0 Å². The summed E-state index contributed by atoms with van der Waals surface area (Å²) in [6, 6.07) is 12.2. The van der Waals surface area contributed by atoms with Crippen LogP contribution in [0, 0.1) is 18.6 Å². The Labute approximate surface area is 121 Å². The summed E-state index contributed by atoms with van der Waals surface area (Å²) in [5.74, 6) is 0.